The van der Waals surface area contributed by atoms with Gasteiger partial charge in [0.1, 0.15) is 12.1 Å². The summed E-state index contributed by atoms with van der Waals surface area (Å²) in [4.78, 5) is 12.1. The molecule has 1 N–H and O–H groups in total. The van der Waals surface area contributed by atoms with E-state index >= 15 is 0 Å². The molecule has 1 saturated heterocycles. The molecule has 1 aliphatic heterocycles. The van der Waals surface area contributed by atoms with E-state index < -0.39 is 0 Å². The Balaban J connectivity index is 1.78. The smallest absolute Gasteiger partial charge is 0.323 e. The molecule has 0 aromatic rings. The molecule has 0 aromatic carbocycles. The van der Waals surface area contributed by atoms with E-state index in [1.165, 1.54) is 12.8 Å². The van der Waals surface area contributed by atoms with Gasteiger partial charge in [-0.05, 0) is 38.6 Å². The molecular formula is C14H25NO3. The molecule has 18 heavy (non-hydrogen) atoms. The molecular weight excluding hydrogens is 230 g/mol. The van der Waals surface area contributed by atoms with Crippen molar-refractivity contribution in [3.05, 3.63) is 0 Å². The maximum atomic E-state index is 12.1. The highest BCUT2D eigenvalue weighted by Gasteiger charge is 2.28. The summed E-state index contributed by atoms with van der Waals surface area (Å²) in [5.41, 5.74) is 0. The molecule has 3 atom stereocenters. The van der Waals surface area contributed by atoms with Crippen LogP contribution < -0.4 is 5.32 Å². The molecule has 104 valence electrons. The van der Waals surface area contributed by atoms with Gasteiger partial charge in [-0.25, -0.2) is 0 Å². The summed E-state index contributed by atoms with van der Waals surface area (Å²) in [6.07, 6.45) is 8.76. The number of esters is 1. The Morgan fingerprint density at radius 3 is 2.72 bits per heavy atom. The van der Waals surface area contributed by atoms with Crippen LogP contribution in [0.25, 0.3) is 0 Å². The van der Waals surface area contributed by atoms with Gasteiger partial charge in [0.05, 0.1) is 6.10 Å². The zero-order valence-electron chi connectivity index (χ0n) is 11.3. The quantitative estimate of drug-likeness (QED) is 0.784. The SMILES string of the molecule is COC1CCCC(OC(=O)C2CCCCCN2)C1. The Kier molecular flexibility index (Phi) is 5.45. The van der Waals surface area contributed by atoms with Gasteiger partial charge in [0.2, 0.25) is 0 Å². The molecule has 0 radical (unpaired) electrons. The number of hydrogen-bond donors (Lipinski definition) is 1. The summed E-state index contributed by atoms with van der Waals surface area (Å²) < 4.78 is 11.0. The van der Waals surface area contributed by atoms with Gasteiger partial charge in [-0.15, -0.1) is 0 Å². The maximum absolute atomic E-state index is 12.1. The van der Waals surface area contributed by atoms with E-state index in [-0.39, 0.29) is 24.2 Å². The van der Waals surface area contributed by atoms with Crippen molar-refractivity contribution in [2.45, 2.75) is 69.6 Å². The van der Waals surface area contributed by atoms with Crippen molar-refractivity contribution in [1.82, 2.24) is 5.32 Å². The predicted octanol–water partition coefficient (Wildman–Crippen LogP) is 2.02. The Morgan fingerprint density at radius 1 is 1.06 bits per heavy atom. The van der Waals surface area contributed by atoms with Gasteiger partial charge in [-0.3, -0.25) is 4.79 Å². The highest BCUT2D eigenvalue weighted by molar-refractivity contribution is 5.76. The fourth-order valence-corrected chi connectivity index (χ4v) is 2.90. The van der Waals surface area contributed by atoms with E-state index in [4.69, 9.17) is 9.47 Å². The predicted molar refractivity (Wildman–Crippen MR) is 69.4 cm³/mol. The molecule has 0 spiro atoms. The monoisotopic (exact) mass is 255 g/mol. The molecule has 3 unspecified atom stereocenters. The van der Waals surface area contributed by atoms with Gasteiger partial charge >= 0.3 is 5.97 Å². The van der Waals surface area contributed by atoms with E-state index in [9.17, 15) is 4.79 Å². The van der Waals surface area contributed by atoms with Gasteiger partial charge in [-0.1, -0.05) is 12.8 Å². The number of rotatable bonds is 3. The first-order chi connectivity index (χ1) is 8.79. The lowest BCUT2D eigenvalue weighted by molar-refractivity contribution is -0.155. The molecule has 0 bridgehead atoms. The van der Waals surface area contributed by atoms with Gasteiger partial charge in [-0.2, -0.15) is 0 Å². The normalized spacial score (nSPS) is 33.7. The second kappa shape index (κ2) is 7.10. The lowest BCUT2D eigenvalue weighted by atomic mass is 9.95. The fraction of sp³-hybridized carbons (Fsp3) is 0.929. The lowest BCUT2D eigenvalue weighted by Gasteiger charge is -2.29. The molecule has 2 fully saturated rings. The topological polar surface area (TPSA) is 47.6 Å². The molecule has 1 aliphatic carbocycles. The van der Waals surface area contributed by atoms with Crippen LogP contribution in [0.4, 0.5) is 0 Å². The summed E-state index contributed by atoms with van der Waals surface area (Å²) >= 11 is 0. The molecule has 4 nitrogen and oxygen atoms in total. The van der Waals surface area contributed by atoms with Crippen molar-refractivity contribution in [3.63, 3.8) is 0 Å². The Morgan fingerprint density at radius 2 is 1.89 bits per heavy atom. The van der Waals surface area contributed by atoms with Crippen LogP contribution in [0.2, 0.25) is 0 Å². The average Bonchev–Trinajstić information content (AvgIpc) is 2.68. The van der Waals surface area contributed by atoms with Gasteiger partial charge in [0, 0.05) is 13.5 Å². The fourth-order valence-electron chi connectivity index (χ4n) is 2.90. The van der Waals surface area contributed by atoms with E-state index in [0.29, 0.717) is 0 Å². The summed E-state index contributed by atoms with van der Waals surface area (Å²) in [7, 11) is 1.74. The van der Waals surface area contributed by atoms with E-state index in [2.05, 4.69) is 5.32 Å². The molecule has 4 heteroatoms. The zero-order valence-corrected chi connectivity index (χ0v) is 11.3. The summed E-state index contributed by atoms with van der Waals surface area (Å²) in [5, 5.41) is 3.29. The first-order valence-corrected chi connectivity index (χ1v) is 7.26. The van der Waals surface area contributed by atoms with E-state index in [1.807, 2.05) is 0 Å². The van der Waals surface area contributed by atoms with Crippen LogP contribution >= 0.6 is 0 Å². The number of ether oxygens (including phenoxy) is 2. The Labute approximate surface area is 109 Å². The van der Waals surface area contributed by atoms with Crippen molar-refractivity contribution in [3.8, 4) is 0 Å². The maximum Gasteiger partial charge on any atom is 0.323 e. The van der Waals surface area contributed by atoms with Crippen molar-refractivity contribution < 1.29 is 14.3 Å². The third-order valence-electron chi connectivity index (χ3n) is 4.04. The van der Waals surface area contributed by atoms with Crippen LogP contribution in [0, 0.1) is 0 Å². The standard InChI is InChI=1S/C14H25NO3/c1-17-11-6-5-7-12(10-11)18-14(16)13-8-3-2-4-9-15-13/h11-13,15H,2-10H2,1H3. The molecule has 2 aliphatic rings. The molecule has 0 amide bonds. The number of methoxy groups -OCH3 is 1. The van der Waals surface area contributed by atoms with E-state index in [0.717, 1.165) is 45.1 Å². The number of carbonyl (C=O) groups excluding carboxylic acids is 1. The highest BCUT2D eigenvalue weighted by atomic mass is 16.5. The molecule has 2 rings (SSSR count). The Bertz CT molecular complexity index is 262. The zero-order chi connectivity index (χ0) is 12.8. The van der Waals surface area contributed by atoms with Crippen LogP contribution in [-0.4, -0.2) is 37.9 Å². The summed E-state index contributed by atoms with van der Waals surface area (Å²) in [5.74, 6) is -0.0568. The molecule has 0 aromatic heterocycles. The Hall–Kier alpha value is -0.610. The van der Waals surface area contributed by atoms with Gasteiger partial charge < -0.3 is 14.8 Å². The number of nitrogens with one attached hydrogen (secondary N) is 1. The van der Waals surface area contributed by atoms with Crippen molar-refractivity contribution in [2.75, 3.05) is 13.7 Å². The largest absolute Gasteiger partial charge is 0.461 e. The second-order valence-electron chi connectivity index (χ2n) is 5.44. The van der Waals surface area contributed by atoms with Crippen LogP contribution in [0.5, 0.6) is 0 Å². The van der Waals surface area contributed by atoms with Crippen LogP contribution in [-0.2, 0) is 14.3 Å². The first kappa shape index (κ1) is 13.8. The van der Waals surface area contributed by atoms with Crippen molar-refractivity contribution in [2.24, 2.45) is 0 Å². The average molecular weight is 255 g/mol. The summed E-state index contributed by atoms with van der Waals surface area (Å²) in [6.45, 7) is 0.936. The minimum atomic E-state index is -0.0876. The highest BCUT2D eigenvalue weighted by Crippen LogP contribution is 2.24. The number of carbonyl (C=O) groups is 1. The van der Waals surface area contributed by atoms with Gasteiger partial charge in [0.15, 0.2) is 0 Å². The van der Waals surface area contributed by atoms with Gasteiger partial charge in [0.25, 0.3) is 0 Å². The third-order valence-corrected chi connectivity index (χ3v) is 4.04. The van der Waals surface area contributed by atoms with Crippen molar-refractivity contribution >= 4 is 5.97 Å². The third kappa shape index (κ3) is 3.95. The minimum Gasteiger partial charge on any atom is -0.461 e. The van der Waals surface area contributed by atoms with Crippen LogP contribution in [0.15, 0.2) is 0 Å². The number of hydrogen-bond acceptors (Lipinski definition) is 4. The van der Waals surface area contributed by atoms with Crippen LogP contribution in [0.1, 0.15) is 51.4 Å². The lowest BCUT2D eigenvalue weighted by Crippen LogP contribution is -2.40. The summed E-state index contributed by atoms with van der Waals surface area (Å²) in [6, 6.07) is -0.0876. The van der Waals surface area contributed by atoms with Crippen molar-refractivity contribution in [1.29, 1.82) is 0 Å². The first-order valence-electron chi connectivity index (χ1n) is 7.26. The van der Waals surface area contributed by atoms with Crippen LogP contribution in [0.3, 0.4) is 0 Å². The molecule has 1 heterocycles. The minimum absolute atomic E-state index is 0.0567. The molecule has 1 saturated carbocycles. The second-order valence-corrected chi connectivity index (χ2v) is 5.44. The van der Waals surface area contributed by atoms with E-state index in [1.54, 1.807) is 7.11 Å².